The fourth-order valence-electron chi connectivity index (χ4n) is 0.217. The van der Waals surface area contributed by atoms with E-state index < -0.39 is 0 Å². The summed E-state index contributed by atoms with van der Waals surface area (Å²) in [7, 11) is 0. The van der Waals surface area contributed by atoms with Gasteiger partial charge in [-0.25, -0.2) is 0 Å². The van der Waals surface area contributed by atoms with E-state index in [1.165, 1.54) is 6.21 Å². The van der Waals surface area contributed by atoms with Gasteiger partial charge in [0.25, 0.3) is 0 Å². The van der Waals surface area contributed by atoms with Gasteiger partial charge in [0, 0.05) is 11.9 Å². The lowest BCUT2D eigenvalue weighted by atomic mass is 10.4. The highest BCUT2D eigenvalue weighted by Crippen LogP contribution is 1.88. The van der Waals surface area contributed by atoms with E-state index in [0.29, 0.717) is 11.3 Å². The molecule has 0 heterocycles. The molecule has 0 aliphatic heterocycles. The molecule has 0 saturated heterocycles. The maximum absolute atomic E-state index is 8.18. The van der Waals surface area contributed by atoms with Crippen molar-refractivity contribution in [3.8, 4) is 6.07 Å². The normalized spacial score (nSPS) is 7.82. The van der Waals surface area contributed by atoms with Crippen LogP contribution in [0.1, 0.15) is 20.8 Å². The van der Waals surface area contributed by atoms with Crippen LogP contribution < -0.4 is 0 Å². The van der Waals surface area contributed by atoms with Gasteiger partial charge in [0.05, 0.1) is 5.57 Å². The number of hydrogen-bond donors (Lipinski definition) is 0. The molecular formula is C9H14N2. The van der Waals surface area contributed by atoms with Gasteiger partial charge in [-0.2, -0.15) is 5.26 Å². The first kappa shape index (κ1) is 12.3. The standard InChI is InChI=1S/C7H8N2.C2H6/c1-6(2)9-5-7(3)4-8;1-2/h5H,1,3H2,2H3;1-2H3. The van der Waals surface area contributed by atoms with Crippen molar-refractivity contribution in [1.29, 1.82) is 5.26 Å². The van der Waals surface area contributed by atoms with E-state index in [9.17, 15) is 0 Å². The predicted octanol–water partition coefficient (Wildman–Crippen LogP) is 2.70. The maximum atomic E-state index is 8.18. The summed E-state index contributed by atoms with van der Waals surface area (Å²) < 4.78 is 0. The molecule has 2 nitrogen and oxygen atoms in total. The van der Waals surface area contributed by atoms with Crippen molar-refractivity contribution in [3.05, 3.63) is 24.4 Å². The van der Waals surface area contributed by atoms with Gasteiger partial charge in [-0.15, -0.1) is 0 Å². The second-order valence-corrected chi connectivity index (χ2v) is 1.63. The van der Waals surface area contributed by atoms with Crippen molar-refractivity contribution in [2.75, 3.05) is 0 Å². The first-order valence-corrected chi connectivity index (χ1v) is 3.45. The van der Waals surface area contributed by atoms with Gasteiger partial charge in [-0.3, -0.25) is 4.99 Å². The number of allylic oxidation sites excluding steroid dienone is 2. The summed E-state index contributed by atoms with van der Waals surface area (Å²) in [6.07, 6.45) is 1.39. The average Bonchev–Trinajstić information content (AvgIpc) is 2.04. The summed E-state index contributed by atoms with van der Waals surface area (Å²) in [5, 5.41) is 8.18. The number of rotatable bonds is 2. The van der Waals surface area contributed by atoms with Gasteiger partial charge in [-0.1, -0.05) is 27.0 Å². The highest BCUT2D eigenvalue weighted by Gasteiger charge is 1.80. The Morgan fingerprint density at radius 2 is 1.91 bits per heavy atom. The summed E-state index contributed by atoms with van der Waals surface area (Å²) in [6.45, 7) is 12.7. The topological polar surface area (TPSA) is 36.1 Å². The van der Waals surface area contributed by atoms with Crippen LogP contribution in [0.4, 0.5) is 0 Å². The fourth-order valence-corrected chi connectivity index (χ4v) is 0.217. The summed E-state index contributed by atoms with van der Waals surface area (Å²) in [5.41, 5.74) is 1.02. The second-order valence-electron chi connectivity index (χ2n) is 1.63. The second kappa shape index (κ2) is 8.64. The van der Waals surface area contributed by atoms with E-state index >= 15 is 0 Å². The lowest BCUT2D eigenvalue weighted by Gasteiger charge is -1.82. The van der Waals surface area contributed by atoms with Gasteiger partial charge < -0.3 is 0 Å². The molecule has 0 radical (unpaired) electrons. The zero-order chi connectivity index (χ0) is 9.28. The minimum absolute atomic E-state index is 0.345. The molecule has 0 aliphatic carbocycles. The third-order valence-corrected chi connectivity index (χ3v) is 0.584. The van der Waals surface area contributed by atoms with Crippen molar-refractivity contribution in [3.63, 3.8) is 0 Å². The highest BCUT2D eigenvalue weighted by molar-refractivity contribution is 5.83. The number of nitrogens with zero attached hydrogens (tertiary/aromatic N) is 2. The van der Waals surface area contributed by atoms with Crippen LogP contribution in [-0.4, -0.2) is 6.21 Å². The van der Waals surface area contributed by atoms with Gasteiger partial charge in [0.15, 0.2) is 0 Å². The van der Waals surface area contributed by atoms with Crippen LogP contribution in [0.15, 0.2) is 29.4 Å². The smallest absolute Gasteiger partial charge is 0.100 e. The molecule has 0 aromatic heterocycles. The third-order valence-electron chi connectivity index (χ3n) is 0.584. The summed E-state index contributed by atoms with van der Waals surface area (Å²) in [4.78, 5) is 3.75. The molecule has 0 atom stereocenters. The van der Waals surface area contributed by atoms with Gasteiger partial charge in [0.1, 0.15) is 6.07 Å². The molecule has 0 rings (SSSR count). The van der Waals surface area contributed by atoms with E-state index in [2.05, 4.69) is 18.2 Å². The predicted molar refractivity (Wildman–Crippen MR) is 49.4 cm³/mol. The van der Waals surface area contributed by atoms with E-state index in [-0.39, 0.29) is 0 Å². The van der Waals surface area contributed by atoms with Gasteiger partial charge >= 0.3 is 0 Å². The maximum Gasteiger partial charge on any atom is 0.100 e. The first-order chi connectivity index (χ1) is 5.16. The highest BCUT2D eigenvalue weighted by atomic mass is 14.7. The zero-order valence-electron chi connectivity index (χ0n) is 7.39. The first-order valence-electron chi connectivity index (χ1n) is 3.45. The SMILES string of the molecule is C=C(C#N)C=NC(=C)C.CC. The minimum atomic E-state index is 0.345. The zero-order valence-corrected chi connectivity index (χ0v) is 7.39. The van der Waals surface area contributed by atoms with E-state index in [1.807, 2.05) is 19.9 Å². The summed E-state index contributed by atoms with van der Waals surface area (Å²) in [6, 6.07) is 1.84. The fraction of sp³-hybridized carbons (Fsp3) is 0.333. The molecule has 60 valence electrons. The lowest BCUT2D eigenvalue weighted by Crippen LogP contribution is -1.75. The average molecular weight is 150 g/mol. The molecule has 0 aromatic carbocycles. The van der Waals surface area contributed by atoms with Crippen molar-refractivity contribution in [1.82, 2.24) is 0 Å². The Balaban J connectivity index is 0. The van der Waals surface area contributed by atoms with Crippen LogP contribution in [0.5, 0.6) is 0 Å². The molecule has 0 aromatic rings. The van der Waals surface area contributed by atoms with E-state index in [1.54, 1.807) is 6.92 Å². The molecule has 0 fully saturated rings. The number of hydrogen-bond acceptors (Lipinski definition) is 2. The quantitative estimate of drug-likeness (QED) is 0.440. The van der Waals surface area contributed by atoms with Crippen LogP contribution >= 0.6 is 0 Å². The van der Waals surface area contributed by atoms with Crippen LogP contribution in [-0.2, 0) is 0 Å². The van der Waals surface area contributed by atoms with Crippen molar-refractivity contribution in [2.24, 2.45) is 4.99 Å². The van der Waals surface area contributed by atoms with Gasteiger partial charge in [-0.05, 0) is 6.92 Å². The minimum Gasteiger partial charge on any atom is -0.261 e. The molecule has 11 heavy (non-hydrogen) atoms. The monoisotopic (exact) mass is 150 g/mol. The molecule has 0 bridgehead atoms. The van der Waals surface area contributed by atoms with E-state index in [4.69, 9.17) is 5.26 Å². The van der Waals surface area contributed by atoms with Crippen LogP contribution in [0.25, 0.3) is 0 Å². The molecule has 2 heteroatoms. The molecule has 0 amide bonds. The van der Waals surface area contributed by atoms with Crippen LogP contribution in [0, 0.1) is 11.3 Å². The molecular weight excluding hydrogens is 136 g/mol. The number of nitriles is 1. The molecule has 0 unspecified atom stereocenters. The molecule has 0 aliphatic rings. The van der Waals surface area contributed by atoms with Crippen LogP contribution in [0.2, 0.25) is 0 Å². The van der Waals surface area contributed by atoms with Crippen LogP contribution in [0.3, 0.4) is 0 Å². The molecule has 0 N–H and O–H groups in total. The largest absolute Gasteiger partial charge is 0.261 e. The Kier molecular flexibility index (Phi) is 9.68. The Hall–Kier alpha value is -1.36. The Bertz CT molecular complexity index is 194. The Labute approximate surface area is 68.6 Å². The van der Waals surface area contributed by atoms with E-state index in [0.717, 1.165) is 0 Å². The third kappa shape index (κ3) is 12.0. The van der Waals surface area contributed by atoms with Crippen molar-refractivity contribution < 1.29 is 0 Å². The van der Waals surface area contributed by atoms with Crippen molar-refractivity contribution in [2.45, 2.75) is 20.8 Å². The van der Waals surface area contributed by atoms with Crippen molar-refractivity contribution >= 4 is 6.21 Å². The summed E-state index contributed by atoms with van der Waals surface area (Å²) >= 11 is 0. The molecule has 0 saturated carbocycles. The Morgan fingerprint density at radius 3 is 2.18 bits per heavy atom. The Morgan fingerprint density at radius 1 is 1.45 bits per heavy atom. The molecule has 0 spiro atoms. The summed E-state index contributed by atoms with van der Waals surface area (Å²) in [5.74, 6) is 0. The van der Waals surface area contributed by atoms with Gasteiger partial charge in [0.2, 0.25) is 0 Å². The lowest BCUT2D eigenvalue weighted by molar-refractivity contribution is 1.34. The number of aliphatic imine (C=N–C) groups is 1.